The number of aromatic nitrogens is 2. The van der Waals surface area contributed by atoms with Crippen LogP contribution in [0.3, 0.4) is 0 Å². The van der Waals surface area contributed by atoms with Crippen molar-refractivity contribution in [2.24, 2.45) is 0 Å². The van der Waals surface area contributed by atoms with Crippen LogP contribution in [0.5, 0.6) is 0 Å². The molecule has 0 amide bonds. The van der Waals surface area contributed by atoms with Crippen molar-refractivity contribution in [2.45, 2.75) is 0 Å². The number of carbonyl (C=O) groups is 1. The van der Waals surface area contributed by atoms with Crippen LogP contribution >= 0.6 is 0 Å². The van der Waals surface area contributed by atoms with Crippen molar-refractivity contribution in [2.75, 3.05) is 0 Å². The molecule has 5 nitrogen and oxygen atoms in total. The molecule has 6 heteroatoms. The average molecular weight is 218 g/mol. The van der Waals surface area contributed by atoms with Crippen molar-refractivity contribution in [3.63, 3.8) is 0 Å². The van der Waals surface area contributed by atoms with E-state index in [9.17, 15) is 9.59 Å². The molecule has 1 radical (unpaired) electrons. The summed E-state index contributed by atoms with van der Waals surface area (Å²) in [5.74, 6) is -1.22. The van der Waals surface area contributed by atoms with Crippen molar-refractivity contribution in [1.29, 1.82) is 0 Å². The van der Waals surface area contributed by atoms with Crippen LogP contribution in [0.25, 0.3) is 0 Å². The quantitative estimate of drug-likeness (QED) is 0.548. The molecule has 0 bridgehead atoms. The minimum atomic E-state index is -1.22. The summed E-state index contributed by atoms with van der Waals surface area (Å²) in [7, 11) is 0. The van der Waals surface area contributed by atoms with Crippen molar-refractivity contribution in [3.8, 4) is 0 Å². The second-order valence-corrected chi connectivity index (χ2v) is 2.55. The molecule has 57 valence electrons. The summed E-state index contributed by atoms with van der Waals surface area (Å²) in [6.45, 7) is 0. The fourth-order valence-electron chi connectivity index (χ4n) is 0.545. The van der Waals surface area contributed by atoms with Gasteiger partial charge in [-0.25, -0.2) is 0 Å². The van der Waals surface area contributed by atoms with E-state index < -0.39 is 11.5 Å². The van der Waals surface area contributed by atoms with Gasteiger partial charge in [0.1, 0.15) is 0 Å². The number of aromatic amines is 1. The Kier molecular flexibility index (Phi) is 2.07. The van der Waals surface area contributed by atoms with Gasteiger partial charge in [-0.3, -0.25) is 0 Å². The van der Waals surface area contributed by atoms with E-state index in [2.05, 4.69) is 26.0 Å². The van der Waals surface area contributed by atoms with Crippen LogP contribution in [0.1, 0.15) is 10.5 Å². The minimum absolute atomic E-state index is 0.176. The maximum atomic E-state index is 10.6. The summed E-state index contributed by atoms with van der Waals surface area (Å²) in [5, 5.41) is 8.40. The fourth-order valence-corrected chi connectivity index (χ4v) is 0.962. The Morgan fingerprint density at radius 2 is 2.36 bits per heavy atom. The summed E-state index contributed by atoms with van der Waals surface area (Å²) < 4.78 is 0.176. The van der Waals surface area contributed by atoms with E-state index >= 15 is 0 Å². The first-order chi connectivity index (χ1) is 5.09. The number of carboxylic acids is 1. The molecule has 0 unspecified atom stereocenters. The fraction of sp³-hybridized carbons (Fsp3) is 0. The molecule has 11 heavy (non-hydrogen) atoms. The third kappa shape index (κ3) is 1.89. The van der Waals surface area contributed by atoms with Crippen LogP contribution in [-0.4, -0.2) is 37.1 Å². The summed E-state index contributed by atoms with van der Waals surface area (Å²) in [5.41, 5.74) is -0.742. The van der Waals surface area contributed by atoms with Gasteiger partial charge >= 0.3 is 68.7 Å². The monoisotopic (exact) mass is 219 g/mol. The molecule has 0 aliphatic rings. The Morgan fingerprint density at radius 3 is 2.82 bits per heavy atom. The van der Waals surface area contributed by atoms with Gasteiger partial charge in [-0.2, -0.15) is 0 Å². The molecule has 0 atom stereocenters. The van der Waals surface area contributed by atoms with E-state index in [1.807, 2.05) is 0 Å². The Balaban J connectivity index is 3.30. The normalized spacial score (nSPS) is 9.45. The Bertz CT molecular complexity index is 346. The first-order valence-electron chi connectivity index (χ1n) is 2.61. The van der Waals surface area contributed by atoms with E-state index in [0.717, 1.165) is 6.07 Å². The van der Waals surface area contributed by atoms with E-state index in [0.29, 0.717) is 0 Å². The van der Waals surface area contributed by atoms with Crippen molar-refractivity contribution >= 4 is 26.7 Å². The maximum absolute atomic E-state index is 10.6. The van der Waals surface area contributed by atoms with Crippen LogP contribution in [0, 0.1) is 0 Å². The second-order valence-electron chi connectivity index (χ2n) is 1.74. The Morgan fingerprint density at radius 1 is 1.73 bits per heavy atom. The van der Waals surface area contributed by atoms with Gasteiger partial charge in [0.05, 0.1) is 0 Å². The number of aromatic carboxylic acids is 1. The van der Waals surface area contributed by atoms with Crippen LogP contribution < -0.4 is 10.3 Å². The predicted octanol–water partition coefficient (Wildman–Crippen LogP) is -1.74. The number of carboxylic acid groups (broad SMARTS) is 1. The molecule has 0 saturated carbocycles. The molecule has 0 aromatic carbocycles. The van der Waals surface area contributed by atoms with Gasteiger partial charge in [0.25, 0.3) is 0 Å². The molecule has 0 aliphatic carbocycles. The molecule has 1 aromatic rings. The van der Waals surface area contributed by atoms with Gasteiger partial charge in [0.15, 0.2) is 0 Å². The number of hydrogen-bond acceptors (Lipinski definition) is 3. The summed E-state index contributed by atoms with van der Waals surface area (Å²) in [6.07, 6.45) is 0. The standard InChI is InChI=1S/C5H3N2O3Se/c8-3-1-2(4(9)10)6-5(11)7-3/h1H,(H,9,10)(H,6,7,8). The molecular formula is C5H3N2O3Se. The first kappa shape index (κ1) is 7.97. The van der Waals surface area contributed by atoms with Gasteiger partial charge in [0.2, 0.25) is 0 Å². The molecule has 0 fully saturated rings. The van der Waals surface area contributed by atoms with E-state index in [1.54, 1.807) is 0 Å². The van der Waals surface area contributed by atoms with Crippen molar-refractivity contribution in [3.05, 3.63) is 22.1 Å². The molecule has 1 heterocycles. The molecule has 0 spiro atoms. The summed E-state index contributed by atoms with van der Waals surface area (Å²) in [6, 6.07) is 0.920. The topological polar surface area (TPSA) is 83.0 Å². The molecule has 1 aromatic heterocycles. The van der Waals surface area contributed by atoms with E-state index in [4.69, 9.17) is 5.11 Å². The molecular weight excluding hydrogens is 215 g/mol. The average Bonchev–Trinajstić information content (AvgIpc) is 1.85. The van der Waals surface area contributed by atoms with E-state index in [1.165, 1.54) is 0 Å². The number of rotatable bonds is 1. The number of nitrogens with one attached hydrogen (secondary N) is 1. The number of nitrogens with zero attached hydrogens (tertiary/aromatic N) is 1. The van der Waals surface area contributed by atoms with Gasteiger partial charge in [0, 0.05) is 0 Å². The van der Waals surface area contributed by atoms with Crippen LogP contribution in [0.15, 0.2) is 10.9 Å². The first-order valence-corrected chi connectivity index (χ1v) is 3.47. The molecule has 0 saturated heterocycles. The van der Waals surface area contributed by atoms with Gasteiger partial charge in [-0.05, 0) is 0 Å². The molecule has 1 rings (SSSR count). The Labute approximate surface area is 69.3 Å². The Hall–Kier alpha value is -1.13. The van der Waals surface area contributed by atoms with Crippen LogP contribution in [0.4, 0.5) is 0 Å². The molecule has 2 N–H and O–H groups in total. The zero-order chi connectivity index (χ0) is 8.43. The number of hydrogen-bond donors (Lipinski definition) is 2. The summed E-state index contributed by atoms with van der Waals surface area (Å²) >= 11 is 2.41. The molecule has 0 aliphatic heterocycles. The zero-order valence-electron chi connectivity index (χ0n) is 5.20. The zero-order valence-corrected chi connectivity index (χ0v) is 6.91. The van der Waals surface area contributed by atoms with Gasteiger partial charge in [-0.15, -0.1) is 0 Å². The third-order valence-electron chi connectivity index (χ3n) is 0.939. The second kappa shape index (κ2) is 2.86. The van der Waals surface area contributed by atoms with E-state index in [-0.39, 0.29) is 10.4 Å². The van der Waals surface area contributed by atoms with Gasteiger partial charge < -0.3 is 0 Å². The van der Waals surface area contributed by atoms with Crippen molar-refractivity contribution < 1.29 is 9.90 Å². The summed E-state index contributed by atoms with van der Waals surface area (Å²) in [4.78, 5) is 26.7. The van der Waals surface area contributed by atoms with Gasteiger partial charge in [-0.1, -0.05) is 0 Å². The van der Waals surface area contributed by atoms with Crippen molar-refractivity contribution in [1.82, 2.24) is 9.97 Å². The SMILES string of the molecule is O=C(O)c1cc(=O)[nH]c([Se])n1. The third-order valence-corrected chi connectivity index (χ3v) is 1.34. The van der Waals surface area contributed by atoms with Crippen LogP contribution in [0.2, 0.25) is 0 Å². The van der Waals surface area contributed by atoms with Crippen LogP contribution in [-0.2, 0) is 0 Å². The predicted molar refractivity (Wildman–Crippen MR) is 37.2 cm³/mol. The number of H-pyrrole nitrogens is 1.